The Morgan fingerprint density at radius 2 is 1.76 bits per heavy atom. The highest BCUT2D eigenvalue weighted by Crippen LogP contribution is 2.26. The second-order valence-corrected chi connectivity index (χ2v) is 9.81. The molecule has 3 atom stereocenters. The van der Waals surface area contributed by atoms with Gasteiger partial charge in [0.1, 0.15) is 0 Å². The smallest absolute Gasteiger partial charge is 0.225 e. The van der Waals surface area contributed by atoms with Crippen LogP contribution in [0.1, 0.15) is 65.2 Å². The number of carbonyl (C=O) groups excluding carboxylic acids is 1. The third kappa shape index (κ3) is 6.87. The number of hydrogen-bond donors (Lipinski definition) is 2. The van der Waals surface area contributed by atoms with E-state index < -0.39 is 0 Å². The molecule has 0 radical (unpaired) electrons. The SMILES string of the molecule is CN=C(NCCCN1CC(C)CC(C)C1)NC1CCN(C(=O)C2CCCCC2)C1. The summed E-state index contributed by atoms with van der Waals surface area (Å²) in [6.07, 6.45) is 9.43. The first-order valence-electron chi connectivity index (χ1n) is 12.0. The Kier molecular flexibility index (Phi) is 8.64. The minimum absolute atomic E-state index is 0.278. The molecule has 166 valence electrons. The molecule has 3 unspecified atom stereocenters. The number of carbonyl (C=O) groups is 1. The van der Waals surface area contributed by atoms with Crippen LogP contribution in [0.15, 0.2) is 4.99 Å². The van der Waals surface area contributed by atoms with E-state index in [-0.39, 0.29) is 5.92 Å². The van der Waals surface area contributed by atoms with E-state index in [1.165, 1.54) is 38.8 Å². The molecule has 2 aliphatic heterocycles. The zero-order valence-corrected chi connectivity index (χ0v) is 19.0. The summed E-state index contributed by atoms with van der Waals surface area (Å²) in [7, 11) is 1.84. The highest BCUT2D eigenvalue weighted by atomic mass is 16.2. The van der Waals surface area contributed by atoms with Crippen LogP contribution < -0.4 is 10.6 Å². The van der Waals surface area contributed by atoms with Gasteiger partial charge >= 0.3 is 0 Å². The topological polar surface area (TPSA) is 60.0 Å². The number of nitrogens with one attached hydrogen (secondary N) is 2. The standard InChI is InChI=1S/C23H43N5O/c1-18-14-19(2)16-27(15-18)12-7-11-25-23(24-3)26-21-10-13-28(17-21)22(29)20-8-5-4-6-9-20/h18-21H,4-17H2,1-3H3,(H2,24,25,26). The Balaban J connectivity index is 1.33. The monoisotopic (exact) mass is 405 g/mol. The normalized spacial score (nSPS) is 29.8. The van der Waals surface area contributed by atoms with Gasteiger partial charge in [0, 0.05) is 51.7 Å². The van der Waals surface area contributed by atoms with E-state index in [2.05, 4.69) is 39.3 Å². The molecule has 3 rings (SSSR count). The van der Waals surface area contributed by atoms with Crippen LogP contribution in [0.2, 0.25) is 0 Å². The predicted molar refractivity (Wildman–Crippen MR) is 120 cm³/mol. The molecule has 29 heavy (non-hydrogen) atoms. The van der Waals surface area contributed by atoms with Gasteiger partial charge in [0.15, 0.2) is 5.96 Å². The van der Waals surface area contributed by atoms with Gasteiger partial charge in [-0.1, -0.05) is 33.1 Å². The summed E-state index contributed by atoms with van der Waals surface area (Å²) in [5, 5.41) is 7.01. The van der Waals surface area contributed by atoms with E-state index in [4.69, 9.17) is 0 Å². The van der Waals surface area contributed by atoms with Crippen molar-refractivity contribution in [1.29, 1.82) is 0 Å². The molecule has 6 heteroatoms. The molecule has 6 nitrogen and oxygen atoms in total. The fourth-order valence-electron chi connectivity index (χ4n) is 5.56. The van der Waals surface area contributed by atoms with E-state index in [1.54, 1.807) is 0 Å². The van der Waals surface area contributed by atoms with Crippen LogP contribution in [0.4, 0.5) is 0 Å². The molecule has 1 saturated carbocycles. The Labute approximate surface area is 177 Å². The summed E-state index contributed by atoms with van der Waals surface area (Å²) in [6.45, 7) is 11.0. The first kappa shape index (κ1) is 22.4. The maximum absolute atomic E-state index is 12.8. The van der Waals surface area contributed by atoms with Gasteiger partial charge in [-0.15, -0.1) is 0 Å². The van der Waals surface area contributed by atoms with Crippen molar-refractivity contribution in [2.45, 2.75) is 71.3 Å². The number of amides is 1. The van der Waals surface area contributed by atoms with Crippen molar-refractivity contribution in [3.63, 3.8) is 0 Å². The summed E-state index contributed by atoms with van der Waals surface area (Å²) >= 11 is 0. The van der Waals surface area contributed by atoms with Crippen LogP contribution in [0.5, 0.6) is 0 Å². The summed E-state index contributed by atoms with van der Waals surface area (Å²) in [4.78, 5) is 21.8. The second-order valence-electron chi connectivity index (χ2n) is 9.81. The number of hydrogen-bond acceptors (Lipinski definition) is 3. The van der Waals surface area contributed by atoms with Gasteiger partial charge < -0.3 is 20.4 Å². The quantitative estimate of drug-likeness (QED) is 0.405. The first-order valence-corrected chi connectivity index (χ1v) is 12.0. The number of nitrogens with zero attached hydrogens (tertiary/aromatic N) is 3. The molecule has 0 aromatic rings. The zero-order chi connectivity index (χ0) is 20.6. The van der Waals surface area contributed by atoms with Crippen LogP contribution in [0.3, 0.4) is 0 Å². The minimum atomic E-state index is 0.278. The Hall–Kier alpha value is -1.30. The molecule has 0 aromatic carbocycles. The van der Waals surface area contributed by atoms with Crippen LogP contribution in [0.25, 0.3) is 0 Å². The van der Waals surface area contributed by atoms with Gasteiger partial charge in [0.25, 0.3) is 0 Å². The third-order valence-electron chi connectivity index (χ3n) is 6.91. The highest BCUT2D eigenvalue weighted by molar-refractivity contribution is 5.81. The van der Waals surface area contributed by atoms with E-state index in [1.807, 2.05) is 7.05 Å². The molecule has 2 heterocycles. The number of guanidine groups is 1. The third-order valence-corrected chi connectivity index (χ3v) is 6.91. The Morgan fingerprint density at radius 3 is 2.45 bits per heavy atom. The summed E-state index contributed by atoms with van der Waals surface area (Å²) in [5.74, 6) is 3.19. The van der Waals surface area contributed by atoms with Crippen molar-refractivity contribution in [2.24, 2.45) is 22.7 Å². The lowest BCUT2D eigenvalue weighted by Crippen LogP contribution is -2.46. The second kappa shape index (κ2) is 11.2. The Bertz CT molecular complexity index is 535. The molecule has 1 aliphatic carbocycles. The molecule has 0 spiro atoms. The van der Waals surface area contributed by atoms with Crippen molar-refractivity contribution in [2.75, 3.05) is 46.3 Å². The van der Waals surface area contributed by atoms with Crippen LogP contribution >= 0.6 is 0 Å². The van der Waals surface area contributed by atoms with Crippen molar-refractivity contribution in [3.8, 4) is 0 Å². The molecule has 3 fully saturated rings. The van der Waals surface area contributed by atoms with E-state index in [0.717, 1.165) is 69.7 Å². The fraction of sp³-hybridized carbons (Fsp3) is 0.913. The lowest BCUT2D eigenvalue weighted by atomic mass is 9.88. The maximum atomic E-state index is 12.8. The van der Waals surface area contributed by atoms with Crippen molar-refractivity contribution < 1.29 is 4.79 Å². The molecular formula is C23H43N5O. The van der Waals surface area contributed by atoms with Gasteiger partial charge in [-0.2, -0.15) is 0 Å². The molecule has 1 amide bonds. The summed E-state index contributed by atoms with van der Waals surface area (Å²) in [5.41, 5.74) is 0. The molecule has 3 aliphatic rings. The predicted octanol–water partition coefficient (Wildman–Crippen LogP) is 2.70. The highest BCUT2D eigenvalue weighted by Gasteiger charge is 2.31. The van der Waals surface area contributed by atoms with Gasteiger partial charge in [-0.3, -0.25) is 9.79 Å². The van der Waals surface area contributed by atoms with Gasteiger partial charge in [-0.05, 0) is 50.5 Å². The molecule has 0 aromatic heterocycles. The summed E-state index contributed by atoms with van der Waals surface area (Å²) in [6, 6.07) is 0.317. The molecular weight excluding hydrogens is 362 g/mol. The zero-order valence-electron chi connectivity index (χ0n) is 19.0. The average Bonchev–Trinajstić information content (AvgIpc) is 3.18. The number of aliphatic imine (C=N–C) groups is 1. The number of piperidine rings is 1. The first-order chi connectivity index (χ1) is 14.0. The Morgan fingerprint density at radius 1 is 1.03 bits per heavy atom. The fourth-order valence-corrected chi connectivity index (χ4v) is 5.56. The van der Waals surface area contributed by atoms with E-state index in [0.29, 0.717) is 11.9 Å². The van der Waals surface area contributed by atoms with Crippen molar-refractivity contribution in [3.05, 3.63) is 0 Å². The number of rotatable bonds is 6. The lowest BCUT2D eigenvalue weighted by Gasteiger charge is -2.35. The van der Waals surface area contributed by atoms with Crippen LogP contribution in [-0.4, -0.2) is 74.0 Å². The van der Waals surface area contributed by atoms with Gasteiger partial charge in [0.2, 0.25) is 5.91 Å². The van der Waals surface area contributed by atoms with Crippen molar-refractivity contribution >= 4 is 11.9 Å². The van der Waals surface area contributed by atoms with Crippen LogP contribution in [0, 0.1) is 17.8 Å². The van der Waals surface area contributed by atoms with Gasteiger partial charge in [0.05, 0.1) is 0 Å². The maximum Gasteiger partial charge on any atom is 0.225 e. The molecule has 2 saturated heterocycles. The van der Waals surface area contributed by atoms with Crippen LogP contribution in [-0.2, 0) is 4.79 Å². The minimum Gasteiger partial charge on any atom is -0.356 e. The van der Waals surface area contributed by atoms with E-state index >= 15 is 0 Å². The summed E-state index contributed by atoms with van der Waals surface area (Å²) < 4.78 is 0. The average molecular weight is 406 g/mol. The lowest BCUT2D eigenvalue weighted by molar-refractivity contribution is -0.135. The van der Waals surface area contributed by atoms with Crippen molar-refractivity contribution in [1.82, 2.24) is 20.4 Å². The molecule has 0 bridgehead atoms. The molecule has 2 N–H and O–H groups in total. The number of likely N-dealkylation sites (tertiary alicyclic amines) is 2. The van der Waals surface area contributed by atoms with Gasteiger partial charge in [-0.25, -0.2) is 0 Å². The van der Waals surface area contributed by atoms with E-state index in [9.17, 15) is 4.79 Å². The largest absolute Gasteiger partial charge is 0.356 e.